The number of hydrogen-bond donors (Lipinski definition) is 3. The molecule has 0 bridgehead atoms. The van der Waals surface area contributed by atoms with E-state index in [2.05, 4.69) is 27.3 Å². The zero-order valence-corrected chi connectivity index (χ0v) is 24.6. The van der Waals surface area contributed by atoms with E-state index in [1.165, 1.54) is 30.5 Å². The molecule has 3 aromatic rings. The molecule has 1 unspecified atom stereocenters. The predicted molar refractivity (Wildman–Crippen MR) is 165 cm³/mol. The van der Waals surface area contributed by atoms with E-state index in [0.29, 0.717) is 12.1 Å². The van der Waals surface area contributed by atoms with Crippen molar-refractivity contribution in [2.45, 2.75) is 46.0 Å². The first-order valence-electron chi connectivity index (χ1n) is 14.3. The molecule has 9 heteroatoms. The fourth-order valence-corrected chi connectivity index (χ4v) is 6.12. The number of H-pyrrole nitrogens is 1. The highest BCUT2D eigenvalue weighted by molar-refractivity contribution is 7.81. The third kappa shape index (κ3) is 6.64. The lowest BCUT2D eigenvalue weighted by Crippen LogP contribution is -2.31. The number of nitrogens with zero attached hydrogens (tertiary/aromatic N) is 2. The topological polar surface area (TPSA) is 112 Å². The van der Waals surface area contributed by atoms with Gasteiger partial charge in [-0.3, -0.25) is 9.59 Å². The molecule has 1 atom stereocenters. The van der Waals surface area contributed by atoms with Crippen LogP contribution in [0.2, 0.25) is 0 Å². The van der Waals surface area contributed by atoms with Crippen molar-refractivity contribution in [3.63, 3.8) is 0 Å². The Kier molecular flexibility index (Phi) is 10.2. The lowest BCUT2D eigenvalue weighted by molar-refractivity contribution is 0.0944. The van der Waals surface area contributed by atoms with Gasteiger partial charge in [-0.05, 0) is 67.5 Å². The summed E-state index contributed by atoms with van der Waals surface area (Å²) in [4.78, 5) is 29.0. The van der Waals surface area contributed by atoms with Crippen LogP contribution in [-0.4, -0.2) is 64.3 Å². The maximum absolute atomic E-state index is 11.9. The van der Waals surface area contributed by atoms with E-state index < -0.39 is 16.9 Å². The molecular formula is C31H41N5O3S. The maximum Gasteiger partial charge on any atom is 0.251 e. The summed E-state index contributed by atoms with van der Waals surface area (Å²) < 4.78 is 13.6. The number of aromatic nitrogens is 1. The molecule has 8 nitrogen and oxygen atoms in total. The number of nitrogens with two attached hydrogens (primary N) is 1. The van der Waals surface area contributed by atoms with Gasteiger partial charge in [-0.1, -0.05) is 38.1 Å². The van der Waals surface area contributed by atoms with E-state index in [1.54, 1.807) is 6.26 Å². The van der Waals surface area contributed by atoms with Crippen LogP contribution in [0.15, 0.2) is 48.5 Å². The fraction of sp³-hybridized carbons (Fsp3) is 0.419. The summed E-state index contributed by atoms with van der Waals surface area (Å²) >= 11 is 0. The number of primary amides is 1. The van der Waals surface area contributed by atoms with Gasteiger partial charge in [-0.2, -0.15) is 0 Å². The molecule has 1 aromatic heterocycles. The summed E-state index contributed by atoms with van der Waals surface area (Å²) in [5, 5.41) is 3.86. The molecule has 1 saturated heterocycles. The molecule has 4 N–H and O–H groups in total. The highest BCUT2D eigenvalue weighted by atomic mass is 32.2. The van der Waals surface area contributed by atoms with E-state index in [9.17, 15) is 13.8 Å². The van der Waals surface area contributed by atoms with Crippen molar-refractivity contribution in [1.82, 2.24) is 14.6 Å². The van der Waals surface area contributed by atoms with Gasteiger partial charge in [-0.15, -0.1) is 0 Å². The third-order valence-electron chi connectivity index (χ3n) is 7.56. The molecule has 214 valence electrons. The van der Waals surface area contributed by atoms with Crippen LogP contribution in [0.5, 0.6) is 0 Å². The lowest BCUT2D eigenvalue weighted by Gasteiger charge is -2.29. The first kappa shape index (κ1) is 29.6. The van der Waals surface area contributed by atoms with Crippen LogP contribution >= 0.6 is 0 Å². The van der Waals surface area contributed by atoms with E-state index in [1.807, 2.05) is 54.6 Å². The Morgan fingerprint density at radius 2 is 1.75 bits per heavy atom. The maximum atomic E-state index is 11.9. The minimum Gasteiger partial charge on any atom is -0.371 e. The number of benzene rings is 2. The molecule has 4 heterocycles. The molecule has 0 spiro atoms. The number of nitrogens with one attached hydrogen (secondary N) is 2. The fourth-order valence-electron chi connectivity index (χ4n) is 5.49. The average Bonchev–Trinajstić information content (AvgIpc) is 3.44. The molecule has 1 fully saturated rings. The lowest BCUT2D eigenvalue weighted by atomic mass is 10.0. The van der Waals surface area contributed by atoms with Gasteiger partial charge in [0.2, 0.25) is 0 Å². The van der Waals surface area contributed by atoms with Crippen LogP contribution < -0.4 is 16.0 Å². The number of fused-ring (bicyclic) bond motifs is 2. The van der Waals surface area contributed by atoms with Gasteiger partial charge in [0, 0.05) is 61.3 Å². The quantitative estimate of drug-likeness (QED) is 0.429. The van der Waals surface area contributed by atoms with E-state index in [4.69, 9.17) is 5.73 Å². The number of amides is 2. The molecule has 3 aliphatic heterocycles. The van der Waals surface area contributed by atoms with Crippen molar-refractivity contribution in [2.24, 2.45) is 5.73 Å². The summed E-state index contributed by atoms with van der Waals surface area (Å²) in [5.74, 6) is -0.351. The Labute approximate surface area is 239 Å². The van der Waals surface area contributed by atoms with Gasteiger partial charge in [0.1, 0.15) is 0 Å². The minimum atomic E-state index is -0.944. The molecule has 0 saturated carbocycles. The first-order chi connectivity index (χ1) is 19.4. The highest BCUT2D eigenvalue weighted by Gasteiger charge is 2.21. The SMILES string of the molecule is CC.CS(=O)N1CC=C(c2cc3c(N4CCCCC4)ccc(C(N)=O)c3[nH]2)CC1.O=C1NCCc2ccccc21. The normalized spacial score (nSPS) is 17.8. The van der Waals surface area contributed by atoms with Crippen LogP contribution in [-0.2, 0) is 17.4 Å². The zero-order chi connectivity index (χ0) is 28.6. The number of piperidine rings is 1. The Morgan fingerprint density at radius 3 is 2.40 bits per heavy atom. The molecular weight excluding hydrogens is 522 g/mol. The smallest absolute Gasteiger partial charge is 0.251 e. The number of rotatable bonds is 4. The number of carbonyl (C=O) groups excluding carboxylic acids is 2. The van der Waals surface area contributed by atoms with Crippen molar-refractivity contribution in [3.8, 4) is 0 Å². The number of aromatic amines is 1. The monoisotopic (exact) mass is 563 g/mol. The van der Waals surface area contributed by atoms with Crippen LogP contribution in [0.1, 0.15) is 71.5 Å². The molecule has 0 aliphatic carbocycles. The third-order valence-corrected chi connectivity index (χ3v) is 8.62. The van der Waals surface area contributed by atoms with Gasteiger partial charge in [0.25, 0.3) is 11.8 Å². The van der Waals surface area contributed by atoms with Crippen molar-refractivity contribution < 1.29 is 13.8 Å². The van der Waals surface area contributed by atoms with Gasteiger partial charge < -0.3 is 20.9 Å². The molecule has 3 aliphatic rings. The number of hydrogen-bond acceptors (Lipinski definition) is 4. The summed E-state index contributed by atoms with van der Waals surface area (Å²) in [6, 6.07) is 13.8. The van der Waals surface area contributed by atoms with Gasteiger partial charge in [0.15, 0.2) is 0 Å². The molecule has 2 amide bonds. The molecule has 0 radical (unpaired) electrons. The molecule has 40 heavy (non-hydrogen) atoms. The zero-order valence-electron chi connectivity index (χ0n) is 23.8. The minimum absolute atomic E-state index is 0.0619. The van der Waals surface area contributed by atoms with Crippen LogP contribution in [0, 0.1) is 0 Å². The second-order valence-electron chi connectivity index (χ2n) is 9.97. The summed E-state index contributed by atoms with van der Waals surface area (Å²) in [5.41, 5.74) is 12.4. The van der Waals surface area contributed by atoms with E-state index in [-0.39, 0.29) is 5.91 Å². The summed E-state index contributed by atoms with van der Waals surface area (Å²) in [6.07, 6.45) is 9.31. The Bertz CT molecular complexity index is 1410. The van der Waals surface area contributed by atoms with Crippen molar-refractivity contribution in [2.75, 3.05) is 43.9 Å². The second kappa shape index (κ2) is 13.8. The van der Waals surface area contributed by atoms with Crippen molar-refractivity contribution in [3.05, 3.63) is 70.9 Å². The summed E-state index contributed by atoms with van der Waals surface area (Å²) in [7, 11) is -0.944. The van der Waals surface area contributed by atoms with Gasteiger partial charge >= 0.3 is 0 Å². The van der Waals surface area contributed by atoms with E-state index >= 15 is 0 Å². The largest absolute Gasteiger partial charge is 0.371 e. The number of anilines is 1. The standard InChI is InChI=1S/C20H26N4O2S.C9H9NO.C2H6/c1-27(26)24-11-7-14(8-12-24)17-13-16-18(23-9-3-2-4-10-23)6-5-15(20(21)25)19(16)22-17;11-9-8-4-2-1-3-7(8)5-6-10-9;1-2/h5-7,13,22H,2-4,8-12H2,1H3,(H2,21,25);1-4H,5-6H2,(H,10,11);1-2H3. The first-order valence-corrected chi connectivity index (χ1v) is 15.8. The number of carbonyl (C=O) groups is 2. The van der Waals surface area contributed by atoms with Gasteiger partial charge in [-0.25, -0.2) is 8.51 Å². The second-order valence-corrected chi connectivity index (χ2v) is 11.3. The Hall–Kier alpha value is -3.43. The van der Waals surface area contributed by atoms with E-state index in [0.717, 1.165) is 66.7 Å². The Morgan fingerprint density at radius 1 is 1.00 bits per heavy atom. The highest BCUT2D eigenvalue weighted by Crippen LogP contribution is 2.34. The summed E-state index contributed by atoms with van der Waals surface area (Å²) in [6.45, 7) is 8.31. The Balaban J connectivity index is 0.000000236. The van der Waals surface area contributed by atoms with Crippen molar-refractivity contribution in [1.29, 1.82) is 0 Å². The van der Waals surface area contributed by atoms with Gasteiger partial charge in [0.05, 0.1) is 22.1 Å². The van der Waals surface area contributed by atoms with Crippen LogP contribution in [0.3, 0.4) is 0 Å². The molecule has 2 aromatic carbocycles. The average molecular weight is 564 g/mol. The molecule has 6 rings (SSSR count). The van der Waals surface area contributed by atoms with Crippen LogP contribution in [0.4, 0.5) is 5.69 Å². The predicted octanol–water partition coefficient (Wildman–Crippen LogP) is 4.64. The van der Waals surface area contributed by atoms with Crippen molar-refractivity contribution >= 4 is 45.0 Å². The van der Waals surface area contributed by atoms with Crippen LogP contribution in [0.25, 0.3) is 16.5 Å².